The Labute approximate surface area is 106 Å². The summed E-state index contributed by atoms with van der Waals surface area (Å²) >= 11 is 2.34. The summed E-state index contributed by atoms with van der Waals surface area (Å²) in [6.07, 6.45) is 1.50. The first-order chi connectivity index (χ1) is 7.43. The van der Waals surface area contributed by atoms with Crippen molar-refractivity contribution in [3.63, 3.8) is 0 Å². The van der Waals surface area contributed by atoms with Crippen LogP contribution in [0, 0.1) is 35.5 Å². The monoisotopic (exact) mass is 240 g/mol. The summed E-state index contributed by atoms with van der Waals surface area (Å²) in [5.41, 5.74) is 0. The molecule has 2 bridgehead atoms. The van der Waals surface area contributed by atoms with Gasteiger partial charge in [0.1, 0.15) is 0 Å². The van der Waals surface area contributed by atoms with Crippen LogP contribution in [0.3, 0.4) is 0 Å². The van der Waals surface area contributed by atoms with Gasteiger partial charge in [-0.2, -0.15) is 11.8 Å². The molecular weight excluding hydrogens is 212 g/mol. The molecule has 0 aromatic carbocycles. The molecule has 0 aromatic heterocycles. The van der Waals surface area contributed by atoms with E-state index in [0.717, 1.165) is 46.0 Å². The molecule has 2 rings (SSSR count). The van der Waals surface area contributed by atoms with E-state index in [-0.39, 0.29) is 0 Å². The van der Waals surface area contributed by atoms with Crippen LogP contribution in [0.4, 0.5) is 0 Å². The van der Waals surface area contributed by atoms with Gasteiger partial charge in [-0.15, -0.1) is 0 Å². The predicted octanol–water partition coefficient (Wildman–Crippen LogP) is 4.69. The molecular formula is C15H28S. The lowest BCUT2D eigenvalue weighted by atomic mass is 9.64. The molecule has 1 heteroatoms. The Balaban J connectivity index is 2.19. The quantitative estimate of drug-likeness (QED) is 0.689. The Morgan fingerprint density at radius 1 is 0.812 bits per heavy atom. The summed E-state index contributed by atoms with van der Waals surface area (Å²) in [4.78, 5) is 0. The first-order valence-corrected chi connectivity index (χ1v) is 8.03. The minimum Gasteiger partial charge on any atom is -0.154 e. The Kier molecular flexibility index (Phi) is 3.64. The average Bonchev–Trinajstić information content (AvgIpc) is 2.72. The SMILES string of the molecule is CC(C)C1CC2SC1C(C(C)C)C2C(C)C. The minimum absolute atomic E-state index is 0.872. The van der Waals surface area contributed by atoms with Crippen molar-refractivity contribution >= 4 is 11.8 Å². The Bertz CT molecular complexity index is 244. The first kappa shape index (κ1) is 12.8. The lowest BCUT2D eigenvalue weighted by Gasteiger charge is -2.40. The molecule has 94 valence electrons. The fourth-order valence-corrected chi connectivity index (χ4v) is 6.92. The van der Waals surface area contributed by atoms with Gasteiger partial charge in [-0.05, 0) is 41.9 Å². The van der Waals surface area contributed by atoms with Crippen LogP contribution in [-0.2, 0) is 0 Å². The van der Waals surface area contributed by atoms with E-state index in [4.69, 9.17) is 0 Å². The van der Waals surface area contributed by atoms with Gasteiger partial charge in [0.25, 0.3) is 0 Å². The Hall–Kier alpha value is 0.350. The third-order valence-corrected chi connectivity index (χ3v) is 6.74. The molecule has 5 unspecified atom stereocenters. The zero-order chi connectivity index (χ0) is 12.0. The second-order valence-corrected chi connectivity index (χ2v) is 8.35. The normalized spacial score (nSPS) is 42.9. The molecule has 0 saturated carbocycles. The average molecular weight is 240 g/mol. The Morgan fingerprint density at radius 3 is 1.81 bits per heavy atom. The van der Waals surface area contributed by atoms with Crippen molar-refractivity contribution in [1.29, 1.82) is 0 Å². The maximum Gasteiger partial charge on any atom is 0.0115 e. The van der Waals surface area contributed by atoms with Gasteiger partial charge in [0.05, 0.1) is 0 Å². The van der Waals surface area contributed by atoms with E-state index >= 15 is 0 Å². The maximum absolute atomic E-state index is 2.44. The number of thioether (sulfide) groups is 1. The molecule has 0 radical (unpaired) electrons. The number of fused-ring (bicyclic) bond motifs is 2. The fraction of sp³-hybridized carbons (Fsp3) is 1.00. The van der Waals surface area contributed by atoms with Crippen LogP contribution < -0.4 is 0 Å². The summed E-state index contributed by atoms with van der Waals surface area (Å²) in [5.74, 6) is 5.61. The molecule has 16 heavy (non-hydrogen) atoms. The summed E-state index contributed by atoms with van der Waals surface area (Å²) in [5, 5.41) is 1.95. The van der Waals surface area contributed by atoms with Gasteiger partial charge in [-0.1, -0.05) is 41.5 Å². The van der Waals surface area contributed by atoms with E-state index in [1.165, 1.54) is 6.42 Å². The van der Waals surface area contributed by atoms with Gasteiger partial charge in [0.2, 0.25) is 0 Å². The largest absolute Gasteiger partial charge is 0.154 e. The summed E-state index contributed by atoms with van der Waals surface area (Å²) in [6, 6.07) is 0. The maximum atomic E-state index is 2.44. The summed E-state index contributed by atoms with van der Waals surface area (Å²) in [6.45, 7) is 14.6. The zero-order valence-corrected chi connectivity index (χ0v) is 12.6. The van der Waals surface area contributed by atoms with Crippen molar-refractivity contribution in [1.82, 2.24) is 0 Å². The zero-order valence-electron chi connectivity index (χ0n) is 11.7. The lowest BCUT2D eigenvalue weighted by molar-refractivity contribution is 0.119. The van der Waals surface area contributed by atoms with Crippen LogP contribution in [-0.4, -0.2) is 10.5 Å². The minimum atomic E-state index is 0.872. The second kappa shape index (κ2) is 4.55. The molecule has 2 aliphatic rings. The van der Waals surface area contributed by atoms with Crippen molar-refractivity contribution in [2.75, 3.05) is 0 Å². The molecule has 5 atom stereocenters. The van der Waals surface area contributed by atoms with E-state index in [1.807, 2.05) is 0 Å². The van der Waals surface area contributed by atoms with Gasteiger partial charge in [0.15, 0.2) is 0 Å². The number of hydrogen-bond donors (Lipinski definition) is 0. The number of rotatable bonds is 3. The van der Waals surface area contributed by atoms with Crippen LogP contribution in [0.5, 0.6) is 0 Å². The number of hydrogen-bond acceptors (Lipinski definition) is 1. The van der Waals surface area contributed by atoms with Crippen molar-refractivity contribution in [2.45, 2.75) is 58.5 Å². The van der Waals surface area contributed by atoms with Gasteiger partial charge in [-0.3, -0.25) is 0 Å². The van der Waals surface area contributed by atoms with Gasteiger partial charge >= 0.3 is 0 Å². The van der Waals surface area contributed by atoms with Crippen molar-refractivity contribution in [2.24, 2.45) is 35.5 Å². The van der Waals surface area contributed by atoms with Crippen LogP contribution in [0.15, 0.2) is 0 Å². The highest BCUT2D eigenvalue weighted by Gasteiger charge is 2.55. The lowest BCUT2D eigenvalue weighted by Crippen LogP contribution is -2.40. The van der Waals surface area contributed by atoms with E-state index in [0.29, 0.717) is 0 Å². The molecule has 0 aromatic rings. The molecule has 0 spiro atoms. The highest BCUT2D eigenvalue weighted by Crippen LogP contribution is 2.61. The molecule has 2 fully saturated rings. The van der Waals surface area contributed by atoms with E-state index in [2.05, 4.69) is 53.3 Å². The first-order valence-electron chi connectivity index (χ1n) is 7.09. The smallest absolute Gasteiger partial charge is 0.0115 e. The van der Waals surface area contributed by atoms with E-state index in [1.54, 1.807) is 0 Å². The van der Waals surface area contributed by atoms with E-state index < -0.39 is 0 Å². The van der Waals surface area contributed by atoms with Crippen LogP contribution in [0.2, 0.25) is 0 Å². The third-order valence-electron chi connectivity index (χ3n) is 4.91. The fourth-order valence-electron chi connectivity index (χ4n) is 4.20. The van der Waals surface area contributed by atoms with Crippen LogP contribution in [0.25, 0.3) is 0 Å². The summed E-state index contributed by atoms with van der Waals surface area (Å²) < 4.78 is 0. The molecule has 2 heterocycles. The van der Waals surface area contributed by atoms with Crippen LogP contribution in [0.1, 0.15) is 48.0 Å². The van der Waals surface area contributed by atoms with E-state index in [9.17, 15) is 0 Å². The van der Waals surface area contributed by atoms with Crippen molar-refractivity contribution in [3.05, 3.63) is 0 Å². The molecule has 0 nitrogen and oxygen atoms in total. The van der Waals surface area contributed by atoms with Gasteiger partial charge in [0, 0.05) is 10.5 Å². The molecule has 0 aliphatic carbocycles. The molecule has 2 aliphatic heterocycles. The second-order valence-electron chi connectivity index (χ2n) is 6.93. The van der Waals surface area contributed by atoms with Crippen molar-refractivity contribution in [3.8, 4) is 0 Å². The molecule has 0 N–H and O–H groups in total. The highest BCUT2D eigenvalue weighted by atomic mass is 32.2. The van der Waals surface area contributed by atoms with Crippen LogP contribution >= 0.6 is 11.8 Å². The van der Waals surface area contributed by atoms with Gasteiger partial charge < -0.3 is 0 Å². The van der Waals surface area contributed by atoms with Gasteiger partial charge in [-0.25, -0.2) is 0 Å². The summed E-state index contributed by atoms with van der Waals surface area (Å²) in [7, 11) is 0. The Morgan fingerprint density at radius 2 is 1.38 bits per heavy atom. The predicted molar refractivity (Wildman–Crippen MR) is 74.8 cm³/mol. The third kappa shape index (κ3) is 1.94. The topological polar surface area (TPSA) is 0 Å². The standard InChI is InChI=1S/C15H28S/c1-8(2)11-7-12-13(9(3)4)14(10(5)6)15(11)16-12/h8-15H,7H2,1-6H3. The molecule has 0 amide bonds. The highest BCUT2D eigenvalue weighted by molar-refractivity contribution is 8.01. The molecule has 2 saturated heterocycles. The van der Waals surface area contributed by atoms with Crippen molar-refractivity contribution < 1.29 is 0 Å².